The van der Waals surface area contributed by atoms with E-state index in [0.717, 1.165) is 10.1 Å². The van der Waals surface area contributed by atoms with Crippen molar-refractivity contribution in [3.05, 3.63) is 93.1 Å². The van der Waals surface area contributed by atoms with E-state index < -0.39 is 29.1 Å². The van der Waals surface area contributed by atoms with E-state index in [1.54, 1.807) is 13.8 Å². The first-order chi connectivity index (χ1) is 15.9. The summed E-state index contributed by atoms with van der Waals surface area (Å²) in [5.41, 5.74) is 0.345. The van der Waals surface area contributed by atoms with Crippen LogP contribution in [0.2, 0.25) is 0 Å². The molecular weight excluding hydrogens is 427 g/mol. The Hall–Kier alpha value is -4.01. The second kappa shape index (κ2) is 9.23. The molecule has 0 saturated carbocycles. The number of aromatic nitrogens is 4. The van der Waals surface area contributed by atoms with E-state index in [1.165, 1.54) is 39.7 Å². The molecule has 0 fully saturated rings. The van der Waals surface area contributed by atoms with Gasteiger partial charge in [-0.05, 0) is 50.1 Å². The average molecular weight is 450 g/mol. The second-order valence-electron chi connectivity index (χ2n) is 7.54. The fourth-order valence-electron chi connectivity index (χ4n) is 3.72. The second-order valence-corrected chi connectivity index (χ2v) is 7.54. The van der Waals surface area contributed by atoms with E-state index >= 15 is 0 Å². The Bertz CT molecular complexity index is 1400. The van der Waals surface area contributed by atoms with Gasteiger partial charge in [-0.2, -0.15) is 0 Å². The molecule has 0 amide bonds. The molecule has 0 aliphatic heterocycles. The third-order valence-corrected chi connectivity index (χ3v) is 5.45. The van der Waals surface area contributed by atoms with Crippen LogP contribution in [0.4, 0.5) is 4.39 Å². The highest BCUT2D eigenvalue weighted by atomic mass is 19.1. The molecule has 33 heavy (non-hydrogen) atoms. The zero-order valence-corrected chi connectivity index (χ0v) is 18.3. The number of hydrogen-bond acceptors (Lipinski definition) is 5. The third kappa shape index (κ3) is 4.21. The Labute approximate surface area is 188 Å². The molecule has 0 N–H and O–H groups in total. The predicted octanol–water partition coefficient (Wildman–Crippen LogP) is 2.85. The molecule has 0 aliphatic rings. The van der Waals surface area contributed by atoms with Gasteiger partial charge in [0.25, 0.3) is 5.56 Å². The normalized spacial score (nSPS) is 12.1. The van der Waals surface area contributed by atoms with E-state index in [0.29, 0.717) is 12.1 Å². The Morgan fingerprint density at radius 2 is 1.79 bits per heavy atom. The minimum atomic E-state index is -0.829. The van der Waals surface area contributed by atoms with Crippen LogP contribution in [0.1, 0.15) is 25.5 Å². The molecule has 2 aromatic heterocycles. The number of hydrogen-bond donors (Lipinski definition) is 0. The number of esters is 1. The van der Waals surface area contributed by atoms with Crippen LogP contribution >= 0.6 is 0 Å². The maximum Gasteiger partial charge on any atom is 0.337 e. The first-order valence-electron chi connectivity index (χ1n) is 10.6. The lowest BCUT2D eigenvalue weighted by Crippen LogP contribution is -2.41. The van der Waals surface area contributed by atoms with Crippen LogP contribution in [0.3, 0.4) is 0 Å². The quantitative estimate of drug-likeness (QED) is 0.404. The molecule has 0 aliphatic carbocycles. The summed E-state index contributed by atoms with van der Waals surface area (Å²) in [5, 5.41) is 0. The van der Waals surface area contributed by atoms with Gasteiger partial charge in [-0.15, -0.1) is 0 Å². The molecule has 0 bridgehead atoms. The van der Waals surface area contributed by atoms with Gasteiger partial charge in [0, 0.05) is 6.54 Å². The van der Waals surface area contributed by atoms with Crippen molar-refractivity contribution in [3.63, 3.8) is 0 Å². The smallest absolute Gasteiger partial charge is 0.337 e. The maximum atomic E-state index is 13.5. The molecule has 9 heteroatoms. The van der Waals surface area contributed by atoms with Crippen molar-refractivity contribution >= 4 is 17.1 Å². The van der Waals surface area contributed by atoms with Gasteiger partial charge in [0.15, 0.2) is 11.2 Å². The Balaban J connectivity index is 1.93. The molecule has 0 unspecified atom stereocenters. The van der Waals surface area contributed by atoms with Gasteiger partial charge in [0.05, 0.1) is 18.6 Å². The Morgan fingerprint density at radius 1 is 1.09 bits per heavy atom. The largest absolute Gasteiger partial charge is 0.464 e. The highest BCUT2D eigenvalue weighted by Crippen LogP contribution is 2.18. The SMILES string of the molecule is CCOC(=O)[C@@H](C)n1cnc2c1c(=O)n(CCc1ccccc1)c(=O)n2-c1ccc(F)cc1. The van der Waals surface area contributed by atoms with E-state index in [9.17, 15) is 18.8 Å². The van der Waals surface area contributed by atoms with Crippen molar-refractivity contribution in [2.75, 3.05) is 6.61 Å². The van der Waals surface area contributed by atoms with Crippen LogP contribution in [0.5, 0.6) is 0 Å². The highest BCUT2D eigenvalue weighted by molar-refractivity contribution is 5.79. The number of rotatable bonds is 7. The van der Waals surface area contributed by atoms with Crippen LogP contribution in [0, 0.1) is 5.82 Å². The molecule has 8 nitrogen and oxygen atoms in total. The van der Waals surface area contributed by atoms with Crippen LogP contribution in [0.15, 0.2) is 70.5 Å². The topological polar surface area (TPSA) is 88.1 Å². The molecule has 0 saturated heterocycles. The number of nitrogens with zero attached hydrogens (tertiary/aromatic N) is 4. The molecular formula is C24H23FN4O4. The number of ether oxygens (including phenoxy) is 1. The van der Waals surface area contributed by atoms with Crippen LogP contribution in [-0.4, -0.2) is 31.3 Å². The molecule has 2 heterocycles. The van der Waals surface area contributed by atoms with Crippen LogP contribution < -0.4 is 11.2 Å². The van der Waals surface area contributed by atoms with Gasteiger partial charge in [0.1, 0.15) is 11.9 Å². The number of benzene rings is 2. The molecule has 170 valence electrons. The van der Waals surface area contributed by atoms with Crippen molar-refractivity contribution < 1.29 is 13.9 Å². The van der Waals surface area contributed by atoms with E-state index in [-0.39, 0.29) is 24.3 Å². The number of carbonyl (C=O) groups excluding carboxylic acids is 1. The molecule has 0 spiro atoms. The van der Waals surface area contributed by atoms with Crippen molar-refractivity contribution in [2.24, 2.45) is 0 Å². The monoisotopic (exact) mass is 450 g/mol. The highest BCUT2D eigenvalue weighted by Gasteiger charge is 2.24. The number of aryl methyl sites for hydroxylation is 1. The van der Waals surface area contributed by atoms with E-state index in [1.807, 2.05) is 30.3 Å². The van der Waals surface area contributed by atoms with Crippen molar-refractivity contribution in [1.82, 2.24) is 18.7 Å². The minimum Gasteiger partial charge on any atom is -0.464 e. The van der Waals surface area contributed by atoms with Gasteiger partial charge >= 0.3 is 11.7 Å². The first kappa shape index (κ1) is 22.2. The average Bonchev–Trinajstić information content (AvgIpc) is 3.25. The zero-order valence-electron chi connectivity index (χ0n) is 18.3. The van der Waals surface area contributed by atoms with Crippen LogP contribution in [0.25, 0.3) is 16.9 Å². The predicted molar refractivity (Wildman–Crippen MR) is 121 cm³/mol. The summed E-state index contributed by atoms with van der Waals surface area (Å²) in [6.45, 7) is 3.61. The van der Waals surface area contributed by atoms with Gasteiger partial charge in [-0.25, -0.2) is 23.5 Å². The fraction of sp³-hybridized carbons (Fsp3) is 0.250. The zero-order chi connectivity index (χ0) is 23.5. The lowest BCUT2D eigenvalue weighted by molar-refractivity contribution is -0.146. The maximum absolute atomic E-state index is 13.5. The lowest BCUT2D eigenvalue weighted by atomic mass is 10.1. The standard InChI is InChI=1S/C24H23FN4O4/c1-3-33-23(31)16(2)28-15-26-21-20(28)22(30)27(14-13-17-7-5-4-6-8-17)24(32)29(21)19-11-9-18(25)10-12-19/h4-12,15-16H,3,13-14H2,1-2H3/t16-/m1/s1. The summed E-state index contributed by atoms with van der Waals surface area (Å²) in [6.07, 6.45) is 1.79. The Kier molecular flexibility index (Phi) is 6.21. The number of fused-ring (bicyclic) bond motifs is 1. The molecule has 2 aromatic carbocycles. The molecule has 4 rings (SSSR count). The summed E-state index contributed by atoms with van der Waals surface area (Å²) in [5.74, 6) is -0.978. The van der Waals surface area contributed by atoms with Crippen molar-refractivity contribution in [3.8, 4) is 5.69 Å². The number of halogens is 1. The Morgan fingerprint density at radius 3 is 2.45 bits per heavy atom. The fourth-order valence-corrected chi connectivity index (χ4v) is 3.72. The van der Waals surface area contributed by atoms with E-state index in [2.05, 4.69) is 4.98 Å². The van der Waals surface area contributed by atoms with Crippen molar-refractivity contribution in [1.29, 1.82) is 0 Å². The molecule has 4 aromatic rings. The third-order valence-electron chi connectivity index (χ3n) is 5.45. The van der Waals surface area contributed by atoms with Gasteiger partial charge in [-0.1, -0.05) is 30.3 Å². The van der Waals surface area contributed by atoms with Gasteiger partial charge < -0.3 is 9.30 Å². The van der Waals surface area contributed by atoms with Crippen molar-refractivity contribution in [2.45, 2.75) is 32.9 Å². The number of imidazole rings is 1. The van der Waals surface area contributed by atoms with Gasteiger partial charge in [0.2, 0.25) is 0 Å². The summed E-state index contributed by atoms with van der Waals surface area (Å²) in [4.78, 5) is 43.5. The minimum absolute atomic E-state index is 0.0868. The summed E-state index contributed by atoms with van der Waals surface area (Å²) in [7, 11) is 0. The first-order valence-corrected chi connectivity index (χ1v) is 10.6. The lowest BCUT2D eigenvalue weighted by Gasteiger charge is -2.15. The van der Waals surface area contributed by atoms with Gasteiger partial charge in [-0.3, -0.25) is 9.36 Å². The number of carbonyl (C=O) groups is 1. The summed E-state index contributed by atoms with van der Waals surface area (Å²) < 4.78 is 22.4. The molecule has 0 radical (unpaired) electrons. The van der Waals surface area contributed by atoms with Crippen LogP contribution in [-0.2, 0) is 22.5 Å². The summed E-state index contributed by atoms with van der Waals surface area (Å²) >= 11 is 0. The van der Waals surface area contributed by atoms with E-state index in [4.69, 9.17) is 4.74 Å². The molecule has 1 atom stereocenters. The summed E-state index contributed by atoms with van der Waals surface area (Å²) in [6, 6.07) is 14.0.